The second-order valence-electron chi connectivity index (χ2n) is 7.58. The van der Waals surface area contributed by atoms with Crippen molar-refractivity contribution in [3.05, 3.63) is 50.6 Å². The van der Waals surface area contributed by atoms with Crippen LogP contribution in [0.4, 0.5) is 5.95 Å². The summed E-state index contributed by atoms with van der Waals surface area (Å²) in [6, 6.07) is 8.08. The zero-order valence-electron chi connectivity index (χ0n) is 16.7. The first-order valence-corrected chi connectivity index (χ1v) is 10.8. The van der Waals surface area contributed by atoms with E-state index in [1.165, 1.54) is 23.3 Å². The number of benzene rings is 1. The Hall–Kier alpha value is -2.34. The molecular weight excluding hydrogens is 370 g/mol. The van der Waals surface area contributed by atoms with Gasteiger partial charge in [-0.25, -0.2) is 4.98 Å². The van der Waals surface area contributed by atoms with E-state index in [2.05, 4.69) is 11.4 Å². The van der Waals surface area contributed by atoms with Crippen molar-refractivity contribution < 1.29 is 4.74 Å². The van der Waals surface area contributed by atoms with Crippen molar-refractivity contribution in [2.45, 2.75) is 52.0 Å². The number of thiophene rings is 1. The highest BCUT2D eigenvalue weighted by atomic mass is 32.1. The molecule has 0 aliphatic heterocycles. The Morgan fingerprint density at radius 1 is 1.25 bits per heavy atom. The monoisotopic (exact) mass is 397 g/mol. The number of nitrogens with one attached hydrogen (secondary N) is 1. The molecule has 0 spiro atoms. The highest BCUT2D eigenvalue weighted by Gasteiger charge is 2.22. The van der Waals surface area contributed by atoms with E-state index in [0.29, 0.717) is 12.5 Å². The summed E-state index contributed by atoms with van der Waals surface area (Å²) in [4.78, 5) is 20.4. The molecule has 2 heterocycles. The first kappa shape index (κ1) is 19.0. The van der Waals surface area contributed by atoms with Crippen molar-refractivity contribution in [3.63, 3.8) is 0 Å². The highest BCUT2D eigenvalue weighted by Crippen LogP contribution is 2.34. The Morgan fingerprint density at radius 3 is 2.82 bits per heavy atom. The number of hydrogen-bond donors (Lipinski definition) is 1. The molecule has 148 valence electrons. The zero-order valence-corrected chi connectivity index (χ0v) is 17.6. The van der Waals surface area contributed by atoms with Crippen molar-refractivity contribution in [1.29, 1.82) is 0 Å². The Balaban J connectivity index is 1.66. The van der Waals surface area contributed by atoms with Crippen LogP contribution in [0.5, 0.6) is 5.75 Å². The van der Waals surface area contributed by atoms with Crippen molar-refractivity contribution in [2.75, 3.05) is 19.0 Å². The van der Waals surface area contributed by atoms with Gasteiger partial charge in [0.2, 0.25) is 5.95 Å². The fourth-order valence-corrected chi connectivity index (χ4v) is 5.29. The number of aromatic nitrogens is 2. The van der Waals surface area contributed by atoms with E-state index in [1.807, 2.05) is 36.6 Å². The Morgan fingerprint density at radius 2 is 2.04 bits per heavy atom. The molecule has 1 aromatic carbocycles. The molecule has 0 fully saturated rings. The lowest BCUT2D eigenvalue weighted by atomic mass is 9.97. The van der Waals surface area contributed by atoms with Crippen molar-refractivity contribution in [3.8, 4) is 5.75 Å². The molecule has 0 saturated heterocycles. The molecule has 0 amide bonds. The second kappa shape index (κ2) is 7.95. The van der Waals surface area contributed by atoms with Gasteiger partial charge in [-0.1, -0.05) is 18.2 Å². The predicted octanol–water partition coefficient (Wildman–Crippen LogP) is 4.58. The summed E-state index contributed by atoms with van der Waals surface area (Å²) in [5, 5.41) is 4.26. The molecule has 2 aromatic heterocycles. The molecule has 28 heavy (non-hydrogen) atoms. The lowest BCUT2D eigenvalue weighted by molar-refractivity contribution is 0.410. The minimum absolute atomic E-state index is 0.0531. The molecule has 0 unspecified atom stereocenters. The van der Waals surface area contributed by atoms with Gasteiger partial charge in [0.25, 0.3) is 5.56 Å². The van der Waals surface area contributed by atoms with E-state index in [-0.39, 0.29) is 11.6 Å². The van der Waals surface area contributed by atoms with Crippen LogP contribution >= 0.6 is 11.3 Å². The summed E-state index contributed by atoms with van der Waals surface area (Å²) in [5.41, 5.74) is 2.49. The number of ether oxygens (including phenoxy) is 1. The van der Waals surface area contributed by atoms with Gasteiger partial charge in [-0.2, -0.15) is 0 Å². The number of nitrogens with zero attached hydrogens (tertiary/aromatic N) is 2. The van der Waals surface area contributed by atoms with Crippen molar-refractivity contribution in [2.24, 2.45) is 0 Å². The minimum atomic E-state index is 0.0531. The number of methoxy groups -OCH3 is 1. The topological polar surface area (TPSA) is 56.1 Å². The lowest BCUT2D eigenvalue weighted by Crippen LogP contribution is -2.27. The summed E-state index contributed by atoms with van der Waals surface area (Å²) in [6.45, 7) is 4.77. The van der Waals surface area contributed by atoms with Crippen LogP contribution in [0, 0.1) is 0 Å². The zero-order chi connectivity index (χ0) is 19.7. The SMILES string of the molecule is COc1ccccc1CCNc1nc2sc3c(c2c(=O)n1C(C)C)CCCC3. The quantitative estimate of drug-likeness (QED) is 0.661. The average molecular weight is 398 g/mol. The molecule has 0 saturated carbocycles. The van der Waals surface area contributed by atoms with Gasteiger partial charge in [-0.05, 0) is 63.1 Å². The van der Waals surface area contributed by atoms with Gasteiger partial charge in [-0.3, -0.25) is 9.36 Å². The van der Waals surface area contributed by atoms with Gasteiger partial charge in [0.15, 0.2) is 0 Å². The maximum absolute atomic E-state index is 13.3. The van der Waals surface area contributed by atoms with E-state index in [9.17, 15) is 4.79 Å². The fraction of sp³-hybridized carbons (Fsp3) is 0.455. The largest absolute Gasteiger partial charge is 0.496 e. The average Bonchev–Trinajstić information content (AvgIpc) is 3.06. The normalized spacial score (nSPS) is 13.7. The number of aryl methyl sites for hydroxylation is 2. The van der Waals surface area contributed by atoms with Gasteiger partial charge in [0, 0.05) is 17.5 Å². The van der Waals surface area contributed by atoms with E-state index in [4.69, 9.17) is 9.72 Å². The summed E-state index contributed by atoms with van der Waals surface area (Å²) in [7, 11) is 1.69. The van der Waals surface area contributed by atoms with E-state index >= 15 is 0 Å². The molecule has 4 rings (SSSR count). The standard InChI is InChI=1S/C22H27N3O2S/c1-14(2)25-21(26)19-16-9-5-7-11-18(16)28-20(19)24-22(25)23-13-12-15-8-4-6-10-17(15)27-3/h4,6,8,10,14H,5,7,9,11-13H2,1-3H3,(H,23,24). The van der Waals surface area contributed by atoms with Crippen molar-refractivity contribution in [1.82, 2.24) is 9.55 Å². The van der Waals surface area contributed by atoms with Crippen LogP contribution < -0.4 is 15.6 Å². The third kappa shape index (κ3) is 3.41. The van der Waals surface area contributed by atoms with Gasteiger partial charge >= 0.3 is 0 Å². The molecule has 5 nitrogen and oxygen atoms in total. The summed E-state index contributed by atoms with van der Waals surface area (Å²) in [5.74, 6) is 1.56. The molecule has 1 aliphatic rings. The first-order chi connectivity index (χ1) is 13.6. The predicted molar refractivity (Wildman–Crippen MR) is 116 cm³/mol. The van der Waals surface area contributed by atoms with E-state index in [1.54, 1.807) is 18.4 Å². The number of fused-ring (bicyclic) bond motifs is 3. The number of hydrogen-bond acceptors (Lipinski definition) is 5. The molecule has 3 aromatic rings. The fourth-order valence-electron chi connectivity index (χ4n) is 4.04. The maximum Gasteiger partial charge on any atom is 0.264 e. The van der Waals surface area contributed by atoms with Crippen LogP contribution in [0.15, 0.2) is 29.1 Å². The molecular formula is C22H27N3O2S. The van der Waals surface area contributed by atoms with Crippen LogP contribution in [-0.2, 0) is 19.3 Å². The first-order valence-electron chi connectivity index (χ1n) is 10.0. The molecule has 0 bridgehead atoms. The van der Waals surface area contributed by atoms with Gasteiger partial charge in [0.05, 0.1) is 12.5 Å². The summed E-state index contributed by atoms with van der Waals surface area (Å²) in [6.07, 6.45) is 5.26. The maximum atomic E-state index is 13.3. The Kier molecular flexibility index (Phi) is 5.40. The third-order valence-electron chi connectivity index (χ3n) is 5.41. The summed E-state index contributed by atoms with van der Waals surface area (Å²) < 4.78 is 7.25. The minimum Gasteiger partial charge on any atom is -0.496 e. The summed E-state index contributed by atoms with van der Waals surface area (Å²) >= 11 is 1.70. The Bertz CT molecular complexity index is 1050. The molecule has 0 radical (unpaired) electrons. The number of rotatable bonds is 6. The van der Waals surface area contributed by atoms with Crippen LogP contribution in [0.25, 0.3) is 10.2 Å². The van der Waals surface area contributed by atoms with Gasteiger partial charge < -0.3 is 10.1 Å². The van der Waals surface area contributed by atoms with E-state index in [0.717, 1.165) is 40.8 Å². The van der Waals surface area contributed by atoms with Gasteiger partial charge in [0.1, 0.15) is 10.6 Å². The smallest absolute Gasteiger partial charge is 0.264 e. The van der Waals surface area contributed by atoms with Crippen LogP contribution in [-0.4, -0.2) is 23.2 Å². The van der Waals surface area contributed by atoms with Gasteiger partial charge in [-0.15, -0.1) is 11.3 Å². The Labute approximate surface area is 169 Å². The van der Waals surface area contributed by atoms with Crippen LogP contribution in [0.2, 0.25) is 0 Å². The second-order valence-corrected chi connectivity index (χ2v) is 8.67. The molecule has 0 atom stereocenters. The molecule has 6 heteroatoms. The number of anilines is 1. The number of para-hydroxylation sites is 1. The van der Waals surface area contributed by atoms with E-state index < -0.39 is 0 Å². The van der Waals surface area contributed by atoms with Crippen LogP contribution in [0.1, 0.15) is 48.7 Å². The third-order valence-corrected chi connectivity index (χ3v) is 6.59. The lowest BCUT2D eigenvalue weighted by Gasteiger charge is -2.17. The molecule has 1 N–H and O–H groups in total. The van der Waals surface area contributed by atoms with Crippen LogP contribution in [0.3, 0.4) is 0 Å². The molecule has 1 aliphatic carbocycles. The van der Waals surface area contributed by atoms with Crippen molar-refractivity contribution >= 4 is 27.5 Å². The highest BCUT2D eigenvalue weighted by molar-refractivity contribution is 7.18.